The fraction of sp³-hybridized carbons (Fsp3) is 0.400. The molecule has 0 aromatic heterocycles. The average Bonchev–Trinajstić information content (AvgIpc) is 2.13. The van der Waals surface area contributed by atoms with Crippen molar-refractivity contribution < 1.29 is 13.9 Å². The molecule has 0 saturated heterocycles. The molecular formula is C10H12FIO2. The van der Waals surface area contributed by atoms with E-state index in [-0.39, 0.29) is 17.7 Å². The SMILES string of the molecule is COc1ccc(OC(C)C)c(I)c1F. The second kappa shape index (κ2) is 4.82. The summed E-state index contributed by atoms with van der Waals surface area (Å²) in [6.45, 7) is 3.80. The van der Waals surface area contributed by atoms with Crippen LogP contribution in [0.2, 0.25) is 0 Å². The lowest BCUT2D eigenvalue weighted by Gasteiger charge is -2.13. The van der Waals surface area contributed by atoms with Crippen LogP contribution in [0, 0.1) is 9.39 Å². The smallest absolute Gasteiger partial charge is 0.182 e. The predicted octanol–water partition coefficient (Wildman–Crippen LogP) is 3.23. The molecule has 0 atom stereocenters. The zero-order valence-electron chi connectivity index (χ0n) is 8.30. The van der Waals surface area contributed by atoms with Crippen molar-refractivity contribution in [3.63, 3.8) is 0 Å². The summed E-state index contributed by atoms with van der Waals surface area (Å²) < 4.78 is 24.2. The Morgan fingerprint density at radius 1 is 1.29 bits per heavy atom. The minimum absolute atomic E-state index is 0.0383. The van der Waals surface area contributed by atoms with Gasteiger partial charge in [-0.3, -0.25) is 0 Å². The number of ether oxygens (including phenoxy) is 2. The van der Waals surface area contributed by atoms with Crippen LogP contribution in [0.3, 0.4) is 0 Å². The van der Waals surface area contributed by atoms with Gasteiger partial charge in [-0.2, -0.15) is 0 Å². The van der Waals surface area contributed by atoms with Crippen LogP contribution in [0.25, 0.3) is 0 Å². The molecule has 0 spiro atoms. The Balaban J connectivity index is 3.04. The van der Waals surface area contributed by atoms with E-state index in [2.05, 4.69) is 0 Å². The third-order valence-corrected chi connectivity index (χ3v) is 2.60. The molecule has 0 aliphatic carbocycles. The van der Waals surface area contributed by atoms with Crippen molar-refractivity contribution >= 4 is 22.6 Å². The van der Waals surface area contributed by atoms with E-state index in [9.17, 15) is 4.39 Å². The van der Waals surface area contributed by atoms with E-state index >= 15 is 0 Å². The van der Waals surface area contributed by atoms with Gasteiger partial charge in [-0.15, -0.1) is 0 Å². The molecule has 14 heavy (non-hydrogen) atoms. The largest absolute Gasteiger partial charge is 0.494 e. The standard InChI is InChI=1S/C10H12FIO2/c1-6(2)14-8-5-4-7(13-3)9(11)10(8)12/h4-6H,1-3H3. The molecule has 0 unspecified atom stereocenters. The number of rotatable bonds is 3. The van der Waals surface area contributed by atoms with Crippen LogP contribution >= 0.6 is 22.6 Å². The van der Waals surface area contributed by atoms with Crippen molar-refractivity contribution in [2.75, 3.05) is 7.11 Å². The molecule has 4 heteroatoms. The maximum Gasteiger partial charge on any atom is 0.182 e. The van der Waals surface area contributed by atoms with Gasteiger partial charge in [0, 0.05) is 0 Å². The van der Waals surface area contributed by atoms with Crippen LogP contribution in [0.5, 0.6) is 11.5 Å². The first-order chi connectivity index (χ1) is 6.56. The van der Waals surface area contributed by atoms with Crippen LogP contribution in [0.1, 0.15) is 13.8 Å². The van der Waals surface area contributed by atoms with Crippen molar-refractivity contribution in [1.29, 1.82) is 0 Å². The van der Waals surface area contributed by atoms with Crippen LogP contribution in [-0.2, 0) is 0 Å². The third-order valence-electron chi connectivity index (χ3n) is 1.59. The minimum Gasteiger partial charge on any atom is -0.494 e. The first-order valence-electron chi connectivity index (χ1n) is 4.25. The van der Waals surface area contributed by atoms with Gasteiger partial charge < -0.3 is 9.47 Å². The summed E-state index contributed by atoms with van der Waals surface area (Å²) in [5.41, 5.74) is 0. The molecular weight excluding hydrogens is 298 g/mol. The van der Waals surface area contributed by atoms with Gasteiger partial charge in [0.25, 0.3) is 0 Å². The summed E-state index contributed by atoms with van der Waals surface area (Å²) in [7, 11) is 1.44. The van der Waals surface area contributed by atoms with Crippen molar-refractivity contribution in [1.82, 2.24) is 0 Å². The summed E-state index contributed by atoms with van der Waals surface area (Å²) >= 11 is 1.91. The van der Waals surface area contributed by atoms with Gasteiger partial charge in [-0.25, -0.2) is 4.39 Å². The number of hydrogen-bond acceptors (Lipinski definition) is 2. The third kappa shape index (κ3) is 2.50. The van der Waals surface area contributed by atoms with Crippen molar-refractivity contribution in [2.24, 2.45) is 0 Å². The van der Waals surface area contributed by atoms with Crippen molar-refractivity contribution in [2.45, 2.75) is 20.0 Å². The van der Waals surface area contributed by atoms with Gasteiger partial charge >= 0.3 is 0 Å². The second-order valence-electron chi connectivity index (χ2n) is 3.06. The highest BCUT2D eigenvalue weighted by atomic mass is 127. The fourth-order valence-electron chi connectivity index (χ4n) is 1.02. The Morgan fingerprint density at radius 3 is 2.36 bits per heavy atom. The zero-order chi connectivity index (χ0) is 10.7. The van der Waals surface area contributed by atoms with Gasteiger partial charge in [-0.05, 0) is 48.6 Å². The topological polar surface area (TPSA) is 18.5 Å². The lowest BCUT2D eigenvalue weighted by molar-refractivity contribution is 0.238. The predicted molar refractivity (Wildman–Crippen MR) is 61.4 cm³/mol. The van der Waals surface area contributed by atoms with Crippen molar-refractivity contribution in [3.05, 3.63) is 21.5 Å². The Hall–Kier alpha value is -0.520. The summed E-state index contributed by atoms with van der Waals surface area (Å²) in [4.78, 5) is 0. The molecule has 0 fully saturated rings. The van der Waals surface area contributed by atoms with E-state index in [0.717, 1.165) is 0 Å². The number of hydrogen-bond donors (Lipinski definition) is 0. The number of halogens is 2. The second-order valence-corrected chi connectivity index (χ2v) is 4.14. The summed E-state index contributed by atoms with van der Waals surface area (Å²) in [6, 6.07) is 3.28. The van der Waals surface area contributed by atoms with Crippen LogP contribution in [-0.4, -0.2) is 13.2 Å². The van der Waals surface area contributed by atoms with E-state index in [0.29, 0.717) is 9.32 Å². The van der Waals surface area contributed by atoms with Gasteiger partial charge in [0.1, 0.15) is 5.75 Å². The Labute approximate surface area is 96.5 Å². The van der Waals surface area contributed by atoms with E-state index in [1.165, 1.54) is 7.11 Å². The highest BCUT2D eigenvalue weighted by molar-refractivity contribution is 14.1. The van der Waals surface area contributed by atoms with E-state index in [1.54, 1.807) is 12.1 Å². The molecule has 2 nitrogen and oxygen atoms in total. The molecule has 0 heterocycles. The molecule has 0 N–H and O–H groups in total. The maximum absolute atomic E-state index is 13.5. The number of methoxy groups -OCH3 is 1. The maximum atomic E-state index is 13.5. The highest BCUT2D eigenvalue weighted by Gasteiger charge is 2.13. The van der Waals surface area contributed by atoms with Gasteiger partial charge in [0.15, 0.2) is 11.6 Å². The van der Waals surface area contributed by atoms with Crippen LogP contribution in [0.15, 0.2) is 12.1 Å². The molecule has 1 aromatic carbocycles. The van der Waals surface area contributed by atoms with Gasteiger partial charge in [-0.1, -0.05) is 0 Å². The zero-order valence-corrected chi connectivity index (χ0v) is 10.5. The Bertz CT molecular complexity index is 326. The van der Waals surface area contributed by atoms with Gasteiger partial charge in [0.05, 0.1) is 16.8 Å². The average molecular weight is 310 g/mol. The van der Waals surface area contributed by atoms with E-state index in [1.807, 2.05) is 36.4 Å². The molecule has 0 aliphatic rings. The summed E-state index contributed by atoms with van der Waals surface area (Å²) in [5, 5.41) is 0. The van der Waals surface area contributed by atoms with Crippen LogP contribution in [0.4, 0.5) is 4.39 Å². The Kier molecular flexibility index (Phi) is 3.97. The number of benzene rings is 1. The highest BCUT2D eigenvalue weighted by Crippen LogP contribution is 2.30. The normalized spacial score (nSPS) is 10.4. The molecule has 0 amide bonds. The first kappa shape index (κ1) is 11.6. The molecule has 0 aliphatic heterocycles. The molecule has 0 saturated carbocycles. The summed E-state index contributed by atoms with van der Waals surface area (Å²) in [6.07, 6.45) is 0.0383. The van der Waals surface area contributed by atoms with Crippen LogP contribution < -0.4 is 9.47 Å². The first-order valence-corrected chi connectivity index (χ1v) is 5.32. The van der Waals surface area contributed by atoms with E-state index < -0.39 is 0 Å². The van der Waals surface area contributed by atoms with E-state index in [4.69, 9.17) is 9.47 Å². The lowest BCUT2D eigenvalue weighted by Crippen LogP contribution is -2.07. The molecule has 78 valence electrons. The lowest BCUT2D eigenvalue weighted by atomic mass is 10.3. The summed E-state index contributed by atoms with van der Waals surface area (Å²) in [5.74, 6) is 0.427. The molecule has 1 rings (SSSR count). The fourth-order valence-corrected chi connectivity index (χ4v) is 1.59. The quantitative estimate of drug-likeness (QED) is 0.798. The van der Waals surface area contributed by atoms with Gasteiger partial charge in [0.2, 0.25) is 0 Å². The van der Waals surface area contributed by atoms with Crippen molar-refractivity contribution in [3.8, 4) is 11.5 Å². The molecule has 1 aromatic rings. The Morgan fingerprint density at radius 2 is 1.86 bits per heavy atom. The molecule has 0 bridgehead atoms. The minimum atomic E-state index is -0.369. The molecule has 0 radical (unpaired) electrons. The monoisotopic (exact) mass is 310 g/mol.